The topological polar surface area (TPSA) is 0 Å². The molecular weight excluding hydrogens is 151 g/mol. The lowest BCUT2D eigenvalue weighted by Gasteiger charge is -1.80. The van der Waals surface area contributed by atoms with Crippen molar-refractivity contribution in [2.45, 2.75) is 13.8 Å². The lowest BCUT2D eigenvalue weighted by molar-refractivity contribution is 1.44. The summed E-state index contributed by atoms with van der Waals surface area (Å²) in [5.41, 5.74) is 0. The molecule has 11 heavy (non-hydrogen) atoms. The van der Waals surface area contributed by atoms with Crippen LogP contribution in [0, 0.1) is 0 Å². The molecule has 0 heterocycles. The van der Waals surface area contributed by atoms with E-state index in [1.165, 1.54) is 20.9 Å². The Kier molecular flexibility index (Phi) is 9.34. The summed E-state index contributed by atoms with van der Waals surface area (Å²) in [6.07, 6.45) is 2.74. The minimum atomic E-state index is 1.20. The van der Waals surface area contributed by atoms with Gasteiger partial charge in [0.15, 0.2) is 0 Å². The largest absolute Gasteiger partial charge is 0.123 e. The molecular formula is C10H17P. The average molecular weight is 168 g/mol. The van der Waals surface area contributed by atoms with Crippen LogP contribution >= 0.6 is 8.58 Å². The van der Waals surface area contributed by atoms with Crippen molar-refractivity contribution in [1.82, 2.24) is 0 Å². The van der Waals surface area contributed by atoms with Gasteiger partial charge in [0.25, 0.3) is 0 Å². The Bertz CT molecular complexity index is 108. The summed E-state index contributed by atoms with van der Waals surface area (Å²) in [6.45, 7) is 4.45. The molecule has 1 aromatic rings. The first kappa shape index (κ1) is 10.7. The Morgan fingerprint density at radius 1 is 0.727 bits per heavy atom. The van der Waals surface area contributed by atoms with Crippen LogP contribution in [-0.2, 0) is 0 Å². The van der Waals surface area contributed by atoms with Crippen molar-refractivity contribution in [2.24, 2.45) is 0 Å². The average Bonchev–Trinajstić information content (AvgIpc) is 2.10. The molecule has 0 bridgehead atoms. The maximum atomic E-state index is 2.22. The molecule has 0 nitrogen and oxygen atoms in total. The summed E-state index contributed by atoms with van der Waals surface area (Å²) in [7, 11) is 1.20. The molecule has 1 heteroatoms. The highest BCUT2D eigenvalue weighted by atomic mass is 31.1. The molecule has 0 N–H and O–H groups in total. The lowest BCUT2D eigenvalue weighted by Crippen LogP contribution is -1.59. The van der Waals surface area contributed by atoms with Gasteiger partial charge in [-0.2, -0.15) is 0 Å². The van der Waals surface area contributed by atoms with Crippen LogP contribution in [0.25, 0.3) is 0 Å². The second-order valence-corrected chi connectivity index (χ2v) is 4.03. The first-order valence-electron chi connectivity index (χ1n) is 4.12. The predicted molar refractivity (Wildman–Crippen MR) is 55.8 cm³/mol. The van der Waals surface area contributed by atoms with E-state index in [1.807, 2.05) is 36.4 Å². The number of hydrogen-bond donors (Lipinski definition) is 0. The second-order valence-electron chi connectivity index (χ2n) is 2.11. The molecule has 1 rings (SSSR count). The summed E-state index contributed by atoms with van der Waals surface area (Å²) in [5, 5.41) is 0. The summed E-state index contributed by atoms with van der Waals surface area (Å²) < 4.78 is 0. The first-order chi connectivity index (χ1) is 5.41. The quantitative estimate of drug-likeness (QED) is 0.594. The first-order valence-corrected chi connectivity index (χ1v) is 5.54. The Labute approximate surface area is 71.8 Å². The van der Waals surface area contributed by atoms with Gasteiger partial charge in [-0.05, 0) is 12.3 Å². The van der Waals surface area contributed by atoms with Crippen molar-refractivity contribution in [3.05, 3.63) is 36.4 Å². The van der Waals surface area contributed by atoms with E-state index in [4.69, 9.17) is 0 Å². The molecule has 0 radical (unpaired) electrons. The van der Waals surface area contributed by atoms with Gasteiger partial charge in [-0.15, -0.1) is 8.58 Å². The molecule has 0 atom stereocenters. The Morgan fingerprint density at radius 3 is 1.09 bits per heavy atom. The van der Waals surface area contributed by atoms with E-state index in [-0.39, 0.29) is 0 Å². The molecule has 0 spiro atoms. The molecule has 0 aliphatic rings. The zero-order valence-corrected chi connectivity index (χ0v) is 8.38. The van der Waals surface area contributed by atoms with E-state index in [2.05, 4.69) is 13.8 Å². The summed E-state index contributed by atoms with van der Waals surface area (Å²) in [4.78, 5) is 0. The van der Waals surface area contributed by atoms with Crippen LogP contribution in [0.5, 0.6) is 0 Å². The van der Waals surface area contributed by atoms with Gasteiger partial charge in [0.2, 0.25) is 0 Å². The highest BCUT2D eigenvalue weighted by Gasteiger charge is 1.66. The highest BCUT2D eigenvalue weighted by molar-refractivity contribution is 7.37. The molecule has 0 amide bonds. The van der Waals surface area contributed by atoms with Gasteiger partial charge in [0, 0.05) is 0 Å². The zero-order valence-electron chi connectivity index (χ0n) is 7.38. The number of rotatable bonds is 2. The molecule has 0 fully saturated rings. The molecule has 0 aromatic heterocycles. The van der Waals surface area contributed by atoms with Gasteiger partial charge in [0.1, 0.15) is 0 Å². The van der Waals surface area contributed by atoms with Gasteiger partial charge in [-0.25, -0.2) is 0 Å². The van der Waals surface area contributed by atoms with Gasteiger partial charge in [0.05, 0.1) is 0 Å². The molecule has 0 saturated heterocycles. The van der Waals surface area contributed by atoms with E-state index in [9.17, 15) is 0 Å². The van der Waals surface area contributed by atoms with E-state index in [0.29, 0.717) is 0 Å². The van der Waals surface area contributed by atoms with Crippen LogP contribution in [0.15, 0.2) is 36.4 Å². The van der Waals surface area contributed by atoms with Crippen LogP contribution in [0.2, 0.25) is 0 Å². The summed E-state index contributed by atoms with van der Waals surface area (Å²) in [6, 6.07) is 12.0. The van der Waals surface area contributed by atoms with Gasteiger partial charge in [-0.1, -0.05) is 50.2 Å². The van der Waals surface area contributed by atoms with Crippen molar-refractivity contribution in [3.8, 4) is 0 Å². The van der Waals surface area contributed by atoms with Crippen molar-refractivity contribution in [2.75, 3.05) is 12.3 Å². The molecule has 1 aromatic carbocycles. The third kappa shape index (κ3) is 9.65. The van der Waals surface area contributed by atoms with Crippen molar-refractivity contribution in [1.29, 1.82) is 0 Å². The number of benzene rings is 1. The van der Waals surface area contributed by atoms with Gasteiger partial charge >= 0.3 is 0 Å². The lowest BCUT2D eigenvalue weighted by atomic mass is 10.4. The third-order valence-electron chi connectivity index (χ3n) is 1.17. The van der Waals surface area contributed by atoms with Crippen LogP contribution < -0.4 is 0 Å². The predicted octanol–water partition coefficient (Wildman–Crippen LogP) is 3.39. The molecule has 0 aliphatic heterocycles. The maximum Gasteiger partial charge on any atom is -0.0382 e. The molecule has 0 saturated carbocycles. The fraction of sp³-hybridized carbons (Fsp3) is 0.400. The smallest absolute Gasteiger partial charge is 0.0382 e. The van der Waals surface area contributed by atoms with E-state index in [1.54, 1.807) is 0 Å². The number of hydrogen-bond acceptors (Lipinski definition) is 0. The van der Waals surface area contributed by atoms with Gasteiger partial charge < -0.3 is 0 Å². The molecule has 0 unspecified atom stereocenters. The van der Waals surface area contributed by atoms with Gasteiger partial charge in [-0.3, -0.25) is 0 Å². The van der Waals surface area contributed by atoms with Crippen molar-refractivity contribution >= 4 is 8.58 Å². The minimum absolute atomic E-state index is 1.20. The maximum absolute atomic E-state index is 2.22. The second kappa shape index (κ2) is 9.65. The third-order valence-corrected chi connectivity index (χ3v) is 2.17. The van der Waals surface area contributed by atoms with Crippen LogP contribution in [0.3, 0.4) is 0 Å². The SMILES string of the molecule is CCPCC.c1ccccc1. The summed E-state index contributed by atoms with van der Waals surface area (Å²) >= 11 is 0. The molecule has 62 valence electrons. The standard InChI is InChI=1S/C6H6.C4H11P/c1-2-4-6-5-3-1;1-3-5-4-2/h1-6H;5H,3-4H2,1-2H3. The fourth-order valence-corrected chi connectivity index (χ4v) is 1.13. The Morgan fingerprint density at radius 2 is 1.00 bits per heavy atom. The fourth-order valence-electron chi connectivity index (χ4n) is 0.635. The summed E-state index contributed by atoms with van der Waals surface area (Å²) in [5.74, 6) is 0. The Balaban J connectivity index is 0.000000187. The Hall–Kier alpha value is -0.350. The van der Waals surface area contributed by atoms with E-state index < -0.39 is 0 Å². The monoisotopic (exact) mass is 168 g/mol. The normalized spacial score (nSPS) is 8.18. The zero-order chi connectivity index (χ0) is 8.36. The van der Waals surface area contributed by atoms with Crippen LogP contribution in [-0.4, -0.2) is 12.3 Å². The van der Waals surface area contributed by atoms with Crippen molar-refractivity contribution in [3.63, 3.8) is 0 Å². The van der Waals surface area contributed by atoms with Crippen LogP contribution in [0.1, 0.15) is 13.8 Å². The van der Waals surface area contributed by atoms with Crippen molar-refractivity contribution < 1.29 is 0 Å². The van der Waals surface area contributed by atoms with E-state index in [0.717, 1.165) is 0 Å². The minimum Gasteiger partial charge on any atom is -0.123 e. The van der Waals surface area contributed by atoms with E-state index >= 15 is 0 Å². The highest BCUT2D eigenvalue weighted by Crippen LogP contribution is 2.03. The van der Waals surface area contributed by atoms with Crippen LogP contribution in [0.4, 0.5) is 0 Å². The molecule has 0 aliphatic carbocycles.